The lowest BCUT2D eigenvalue weighted by molar-refractivity contribution is -0.138. The van der Waals surface area contributed by atoms with Crippen LogP contribution >= 0.6 is 17.2 Å². The number of nitrogens with zero attached hydrogens (tertiary/aromatic N) is 1. The highest BCUT2D eigenvalue weighted by molar-refractivity contribution is 7.79. The van der Waals surface area contributed by atoms with Crippen molar-refractivity contribution >= 4 is 33.1 Å². The molecule has 0 aliphatic heterocycles. The Bertz CT molecular complexity index is 1150. The fourth-order valence-corrected chi connectivity index (χ4v) is 7.85. The van der Waals surface area contributed by atoms with E-state index in [1.807, 2.05) is 18.2 Å². The van der Waals surface area contributed by atoms with Crippen LogP contribution in [0.5, 0.6) is 0 Å². The highest BCUT2D eigenvalue weighted by Crippen LogP contribution is 2.40. The Balaban J connectivity index is 2.10. The number of rotatable bonds is 11. The Kier molecular flexibility index (Phi) is 11.3. The summed E-state index contributed by atoms with van der Waals surface area (Å²) in [5.74, 6) is 0.573. The van der Waals surface area contributed by atoms with Crippen molar-refractivity contribution in [3.63, 3.8) is 0 Å². The minimum absolute atomic E-state index is 0.141. The third-order valence-electron chi connectivity index (χ3n) is 7.55. The van der Waals surface area contributed by atoms with E-state index in [1.54, 1.807) is 0 Å². The Labute approximate surface area is 237 Å². The lowest BCUT2D eigenvalue weighted by Crippen LogP contribution is -2.34. The van der Waals surface area contributed by atoms with Crippen LogP contribution in [0, 0.1) is 5.92 Å². The van der Waals surface area contributed by atoms with E-state index in [-0.39, 0.29) is 5.92 Å². The number of halogens is 6. The molecule has 4 atom stereocenters. The maximum absolute atomic E-state index is 13.3. The van der Waals surface area contributed by atoms with Crippen LogP contribution in [0.1, 0.15) is 55.7 Å². The van der Waals surface area contributed by atoms with E-state index in [1.165, 1.54) is 24.3 Å². The maximum atomic E-state index is 13.3. The summed E-state index contributed by atoms with van der Waals surface area (Å²) in [5, 5.41) is 2.26. The molecule has 9 heteroatoms. The first kappa shape index (κ1) is 32.6. The van der Waals surface area contributed by atoms with Gasteiger partial charge in [0, 0.05) is 6.04 Å². The van der Waals surface area contributed by atoms with Crippen molar-refractivity contribution in [1.82, 2.24) is 4.90 Å². The summed E-state index contributed by atoms with van der Waals surface area (Å²) in [6.45, 7) is 4.39. The van der Waals surface area contributed by atoms with Crippen LogP contribution < -0.4 is 15.9 Å². The summed E-state index contributed by atoms with van der Waals surface area (Å²) in [4.78, 5) is 2.23. The first-order chi connectivity index (χ1) is 18.7. The van der Waals surface area contributed by atoms with Crippen LogP contribution in [0.2, 0.25) is 0 Å². The summed E-state index contributed by atoms with van der Waals surface area (Å²) in [6.07, 6.45) is -4.85. The molecule has 0 aliphatic rings. The van der Waals surface area contributed by atoms with Gasteiger partial charge in [-0.15, -0.1) is 9.24 Å². The Morgan fingerprint density at radius 2 is 1.23 bits per heavy atom. The highest BCUT2D eigenvalue weighted by atomic mass is 31.1. The largest absolute Gasteiger partial charge is 0.416 e. The zero-order valence-corrected chi connectivity index (χ0v) is 25.3. The fourth-order valence-electron chi connectivity index (χ4n) is 5.07. The quantitative estimate of drug-likeness (QED) is 0.159. The zero-order valence-electron chi connectivity index (χ0n) is 23.2. The van der Waals surface area contributed by atoms with Crippen molar-refractivity contribution in [2.75, 3.05) is 20.3 Å². The molecule has 218 valence electrons. The van der Waals surface area contributed by atoms with Crippen molar-refractivity contribution in [3.8, 4) is 0 Å². The summed E-state index contributed by atoms with van der Waals surface area (Å²) in [6, 6.07) is 18.3. The van der Waals surface area contributed by atoms with E-state index < -0.39 is 31.4 Å². The highest BCUT2D eigenvalue weighted by Gasteiger charge is 2.33. The van der Waals surface area contributed by atoms with E-state index in [9.17, 15) is 26.3 Å². The molecule has 0 saturated carbocycles. The van der Waals surface area contributed by atoms with Crippen LogP contribution in [0.15, 0.2) is 72.8 Å². The van der Waals surface area contributed by atoms with Gasteiger partial charge in [0.25, 0.3) is 0 Å². The van der Waals surface area contributed by atoms with Crippen LogP contribution in [-0.2, 0) is 12.4 Å². The summed E-state index contributed by atoms with van der Waals surface area (Å²) in [7, 11) is 5.53. The first-order valence-corrected chi connectivity index (χ1v) is 15.5. The van der Waals surface area contributed by atoms with Crippen molar-refractivity contribution in [1.29, 1.82) is 0 Å². The van der Waals surface area contributed by atoms with Gasteiger partial charge < -0.3 is 4.90 Å². The number of hydrogen-bond acceptors (Lipinski definition) is 1. The summed E-state index contributed by atoms with van der Waals surface area (Å²) < 4.78 is 79.9. The number of benzene rings is 3. The monoisotopic (exact) mass is 599 g/mol. The van der Waals surface area contributed by atoms with Gasteiger partial charge in [-0.25, -0.2) is 0 Å². The SMILES string of the molecule is CC(CC(CCCP)[C@@H](C)N(C)C)c1ccccc1P(c1ccc(C(F)(F)F)cc1)c1ccc(C(F)(F)F)cc1. The molecule has 0 fully saturated rings. The van der Waals surface area contributed by atoms with Crippen LogP contribution in [-0.4, -0.2) is 31.2 Å². The molecule has 0 N–H and O–H groups in total. The van der Waals surface area contributed by atoms with Gasteiger partial charge in [0.1, 0.15) is 0 Å². The standard InChI is InChI=1S/C31H37F6NP2/c1-21(20-23(8-7-19-39)22(2)38(3)4)28-9-5-6-10-29(28)40(26-15-11-24(12-16-26)30(32,33)34)27-17-13-25(14-18-27)31(35,36)37/h5-6,9-18,21-23H,7-8,19-20,39H2,1-4H3/t21?,22-,23?/m1/s1. The van der Waals surface area contributed by atoms with E-state index in [2.05, 4.69) is 48.1 Å². The molecule has 3 aromatic rings. The maximum Gasteiger partial charge on any atom is 0.416 e. The molecule has 40 heavy (non-hydrogen) atoms. The van der Waals surface area contributed by atoms with Gasteiger partial charge in [0.05, 0.1) is 11.1 Å². The molecule has 0 aliphatic carbocycles. The lowest BCUT2D eigenvalue weighted by Gasteiger charge is -2.33. The molecule has 1 nitrogen and oxygen atoms in total. The van der Waals surface area contributed by atoms with Gasteiger partial charge in [0.15, 0.2) is 0 Å². The molecule has 3 aromatic carbocycles. The van der Waals surface area contributed by atoms with Crippen molar-refractivity contribution in [2.45, 2.75) is 57.4 Å². The Morgan fingerprint density at radius 3 is 1.65 bits per heavy atom. The predicted molar refractivity (Wildman–Crippen MR) is 159 cm³/mol. The molecule has 0 heterocycles. The molecule has 0 aromatic heterocycles. The minimum Gasteiger partial charge on any atom is -0.306 e. The second-order valence-corrected chi connectivity index (χ2v) is 13.3. The van der Waals surface area contributed by atoms with Crippen LogP contribution in [0.4, 0.5) is 26.3 Å². The van der Waals surface area contributed by atoms with Gasteiger partial charge in [-0.2, -0.15) is 26.3 Å². The molecule has 3 unspecified atom stereocenters. The molecule has 0 bridgehead atoms. The van der Waals surface area contributed by atoms with Crippen molar-refractivity contribution in [2.24, 2.45) is 5.92 Å². The van der Waals surface area contributed by atoms with Gasteiger partial charge in [-0.3, -0.25) is 0 Å². The first-order valence-electron chi connectivity index (χ1n) is 13.3. The third-order valence-corrected chi connectivity index (χ3v) is 10.5. The zero-order chi connectivity index (χ0) is 29.7. The predicted octanol–water partition coefficient (Wildman–Crippen LogP) is 8.20. The molecule has 0 radical (unpaired) electrons. The molecular formula is C31H37F6NP2. The van der Waals surface area contributed by atoms with Crippen LogP contribution in [0.25, 0.3) is 0 Å². The molecular weight excluding hydrogens is 562 g/mol. The van der Waals surface area contributed by atoms with Crippen molar-refractivity contribution in [3.05, 3.63) is 89.5 Å². The smallest absolute Gasteiger partial charge is 0.306 e. The van der Waals surface area contributed by atoms with Crippen molar-refractivity contribution < 1.29 is 26.3 Å². The molecule has 0 amide bonds. The van der Waals surface area contributed by atoms with Crippen LogP contribution in [0.3, 0.4) is 0 Å². The Hall–Kier alpha value is -1.94. The second kappa shape index (κ2) is 13.8. The normalized spacial score (nSPS) is 14.9. The van der Waals surface area contributed by atoms with Gasteiger partial charge in [-0.1, -0.05) is 55.5 Å². The average Bonchev–Trinajstić information content (AvgIpc) is 2.90. The molecule has 0 spiro atoms. The number of alkyl halides is 6. The second-order valence-electron chi connectivity index (χ2n) is 10.5. The van der Waals surface area contributed by atoms with E-state index >= 15 is 0 Å². The summed E-state index contributed by atoms with van der Waals surface area (Å²) in [5.41, 5.74) is -0.431. The fraction of sp³-hybridized carbons (Fsp3) is 0.419. The van der Waals surface area contributed by atoms with E-state index in [0.717, 1.165) is 60.6 Å². The van der Waals surface area contributed by atoms with E-state index in [0.29, 0.717) is 22.6 Å². The average molecular weight is 600 g/mol. The van der Waals surface area contributed by atoms with E-state index in [4.69, 9.17) is 0 Å². The summed E-state index contributed by atoms with van der Waals surface area (Å²) >= 11 is 0. The third kappa shape index (κ3) is 8.30. The lowest BCUT2D eigenvalue weighted by atomic mass is 9.83. The molecule has 3 rings (SSSR count). The van der Waals surface area contributed by atoms with Gasteiger partial charge >= 0.3 is 12.4 Å². The van der Waals surface area contributed by atoms with Gasteiger partial charge in [-0.05, 0) is 112 Å². The minimum atomic E-state index is -4.47. The van der Waals surface area contributed by atoms with Gasteiger partial charge in [0.2, 0.25) is 0 Å². The Morgan fingerprint density at radius 1 is 0.750 bits per heavy atom. The molecule has 0 saturated heterocycles. The number of hydrogen-bond donors (Lipinski definition) is 0. The topological polar surface area (TPSA) is 3.24 Å².